The maximum absolute atomic E-state index is 12.8. The Morgan fingerprint density at radius 2 is 1.75 bits per heavy atom. The van der Waals surface area contributed by atoms with Crippen LogP contribution in [0, 0.1) is 0 Å². The Hall–Kier alpha value is -4.02. The fraction of sp³-hybridized carbons (Fsp3) is 0.308. The zero-order chi connectivity index (χ0) is 26.1. The molecule has 2 unspecified atom stereocenters. The van der Waals surface area contributed by atoms with Crippen molar-refractivity contribution in [3.63, 3.8) is 0 Å². The Balaban J connectivity index is 1.70. The standard InChI is InChI=1S/C26H30N4O6/c1-30(12-13-36-2)25(33)22-16-21(28-29-22)24(32)27-20(15-23(31)26(34)35)14-17-8-10-19(11-9-17)18-6-4-3-5-7-18/h3-11,16,20,23,31H,12-15H2,1-2H3,(H,27,32)(H,28,29)(H,34,35). The number of hydrogen-bond acceptors (Lipinski definition) is 6. The van der Waals surface area contributed by atoms with E-state index >= 15 is 0 Å². The fourth-order valence-electron chi connectivity index (χ4n) is 3.65. The van der Waals surface area contributed by atoms with Gasteiger partial charge in [0, 0.05) is 39.2 Å². The van der Waals surface area contributed by atoms with Crippen molar-refractivity contribution < 1.29 is 29.3 Å². The number of carbonyl (C=O) groups is 3. The van der Waals surface area contributed by atoms with Crippen LogP contribution in [0.25, 0.3) is 11.1 Å². The topological polar surface area (TPSA) is 145 Å². The Labute approximate surface area is 208 Å². The van der Waals surface area contributed by atoms with E-state index in [1.165, 1.54) is 18.1 Å². The lowest BCUT2D eigenvalue weighted by molar-refractivity contribution is -0.147. The van der Waals surface area contributed by atoms with Crippen molar-refractivity contribution in [3.8, 4) is 11.1 Å². The van der Waals surface area contributed by atoms with Gasteiger partial charge >= 0.3 is 5.97 Å². The maximum Gasteiger partial charge on any atom is 0.332 e. The van der Waals surface area contributed by atoms with Gasteiger partial charge in [0.15, 0.2) is 11.8 Å². The largest absolute Gasteiger partial charge is 0.479 e. The summed E-state index contributed by atoms with van der Waals surface area (Å²) in [5.41, 5.74) is 3.06. The van der Waals surface area contributed by atoms with Crippen molar-refractivity contribution in [3.05, 3.63) is 77.6 Å². The van der Waals surface area contributed by atoms with Crippen LogP contribution in [0.3, 0.4) is 0 Å². The van der Waals surface area contributed by atoms with Crippen LogP contribution < -0.4 is 5.32 Å². The summed E-state index contributed by atoms with van der Waals surface area (Å²) in [4.78, 5) is 38.0. The predicted molar refractivity (Wildman–Crippen MR) is 133 cm³/mol. The molecule has 190 valence electrons. The minimum absolute atomic E-state index is 0.0206. The Morgan fingerprint density at radius 1 is 1.08 bits per heavy atom. The number of carbonyl (C=O) groups excluding carboxylic acids is 2. The van der Waals surface area contributed by atoms with Gasteiger partial charge in [-0.15, -0.1) is 0 Å². The van der Waals surface area contributed by atoms with Crippen LogP contribution in [0.2, 0.25) is 0 Å². The summed E-state index contributed by atoms with van der Waals surface area (Å²) >= 11 is 0. The highest BCUT2D eigenvalue weighted by Gasteiger charge is 2.24. The second-order valence-corrected chi connectivity index (χ2v) is 8.41. The number of rotatable bonds is 12. The van der Waals surface area contributed by atoms with Crippen LogP contribution in [0.1, 0.15) is 33.0 Å². The van der Waals surface area contributed by atoms with Gasteiger partial charge in [0.1, 0.15) is 5.69 Å². The molecule has 0 aliphatic rings. The van der Waals surface area contributed by atoms with Gasteiger partial charge < -0.3 is 25.2 Å². The molecule has 2 atom stereocenters. The number of aliphatic hydroxyl groups is 1. The normalized spacial score (nSPS) is 12.5. The lowest BCUT2D eigenvalue weighted by atomic mass is 9.97. The van der Waals surface area contributed by atoms with Gasteiger partial charge in [-0.1, -0.05) is 54.6 Å². The lowest BCUT2D eigenvalue weighted by Crippen LogP contribution is -2.40. The number of ether oxygens (including phenoxy) is 1. The molecule has 3 aromatic rings. The molecular weight excluding hydrogens is 464 g/mol. The van der Waals surface area contributed by atoms with Gasteiger partial charge in [-0.2, -0.15) is 5.10 Å². The first-order valence-electron chi connectivity index (χ1n) is 11.4. The summed E-state index contributed by atoms with van der Waals surface area (Å²) in [6.07, 6.45) is -1.55. The number of aromatic amines is 1. The van der Waals surface area contributed by atoms with E-state index in [4.69, 9.17) is 9.84 Å². The maximum atomic E-state index is 12.8. The van der Waals surface area contributed by atoms with Gasteiger partial charge in [-0.05, 0) is 23.1 Å². The van der Waals surface area contributed by atoms with E-state index in [1.54, 1.807) is 7.05 Å². The number of H-pyrrole nitrogens is 1. The fourth-order valence-corrected chi connectivity index (χ4v) is 3.65. The number of nitrogens with one attached hydrogen (secondary N) is 2. The average molecular weight is 495 g/mol. The van der Waals surface area contributed by atoms with E-state index < -0.39 is 24.0 Å². The average Bonchev–Trinajstić information content (AvgIpc) is 3.38. The molecule has 0 saturated carbocycles. The molecule has 0 aliphatic heterocycles. The molecule has 36 heavy (non-hydrogen) atoms. The van der Waals surface area contributed by atoms with Gasteiger partial charge in [-0.25, -0.2) is 4.79 Å². The summed E-state index contributed by atoms with van der Waals surface area (Å²) in [6, 6.07) is 18.2. The molecule has 10 heteroatoms. The monoisotopic (exact) mass is 494 g/mol. The Bertz CT molecular complexity index is 1160. The van der Waals surface area contributed by atoms with Gasteiger partial charge in [0.2, 0.25) is 0 Å². The number of aliphatic carboxylic acids is 1. The quantitative estimate of drug-likeness (QED) is 0.301. The molecule has 0 radical (unpaired) electrons. The molecular formula is C26H30N4O6. The first-order valence-corrected chi connectivity index (χ1v) is 11.4. The Morgan fingerprint density at radius 3 is 2.39 bits per heavy atom. The summed E-state index contributed by atoms with van der Waals surface area (Å²) in [6.45, 7) is 0.734. The molecule has 2 aromatic carbocycles. The number of carboxylic acids is 1. The molecule has 0 spiro atoms. The number of aromatic nitrogens is 2. The van der Waals surface area contributed by atoms with Crippen LogP contribution in [-0.2, 0) is 16.0 Å². The summed E-state index contributed by atoms with van der Waals surface area (Å²) < 4.78 is 4.97. The van der Waals surface area contributed by atoms with Crippen LogP contribution in [0.5, 0.6) is 0 Å². The molecule has 2 amide bonds. The molecule has 10 nitrogen and oxygen atoms in total. The third-order valence-corrected chi connectivity index (χ3v) is 5.69. The van der Waals surface area contributed by atoms with E-state index in [0.29, 0.717) is 19.6 Å². The highest BCUT2D eigenvalue weighted by Crippen LogP contribution is 2.20. The van der Waals surface area contributed by atoms with Gasteiger partial charge in [-0.3, -0.25) is 14.7 Å². The SMILES string of the molecule is COCCN(C)C(=O)c1cc(C(=O)NC(Cc2ccc(-c3ccccc3)cc2)CC(O)C(=O)O)n[nH]1. The third-order valence-electron chi connectivity index (χ3n) is 5.69. The zero-order valence-corrected chi connectivity index (χ0v) is 20.2. The number of likely N-dealkylation sites (N-methyl/N-ethyl adjacent to an activating group) is 1. The lowest BCUT2D eigenvalue weighted by Gasteiger charge is -2.20. The van der Waals surface area contributed by atoms with Crippen LogP contribution in [0.4, 0.5) is 0 Å². The predicted octanol–water partition coefficient (Wildman–Crippen LogP) is 1.97. The molecule has 1 aromatic heterocycles. The molecule has 0 bridgehead atoms. The van der Waals surface area contributed by atoms with Crippen LogP contribution >= 0.6 is 0 Å². The molecule has 0 aliphatic carbocycles. The highest BCUT2D eigenvalue weighted by molar-refractivity contribution is 5.97. The Kier molecular flexibility index (Phi) is 9.32. The minimum atomic E-state index is -1.65. The summed E-state index contributed by atoms with van der Waals surface area (Å²) in [7, 11) is 3.14. The number of methoxy groups -OCH3 is 1. The molecule has 3 rings (SSSR count). The molecule has 0 fully saturated rings. The molecule has 4 N–H and O–H groups in total. The van der Waals surface area contributed by atoms with Crippen molar-refractivity contribution in [1.29, 1.82) is 0 Å². The number of hydrogen-bond donors (Lipinski definition) is 4. The third kappa shape index (κ3) is 7.24. The number of nitrogens with zero attached hydrogens (tertiary/aromatic N) is 2. The van der Waals surface area contributed by atoms with Crippen molar-refractivity contribution >= 4 is 17.8 Å². The van der Waals surface area contributed by atoms with Crippen LogP contribution in [0.15, 0.2) is 60.7 Å². The second-order valence-electron chi connectivity index (χ2n) is 8.41. The van der Waals surface area contributed by atoms with Crippen molar-refractivity contribution in [2.75, 3.05) is 27.3 Å². The number of benzene rings is 2. The number of carboxylic acid groups (broad SMARTS) is 1. The van der Waals surface area contributed by atoms with E-state index in [-0.39, 0.29) is 23.7 Å². The minimum Gasteiger partial charge on any atom is -0.479 e. The number of aliphatic hydroxyl groups excluding tert-OH is 1. The van der Waals surface area contributed by atoms with E-state index in [9.17, 15) is 19.5 Å². The first-order chi connectivity index (χ1) is 17.3. The van der Waals surface area contributed by atoms with Crippen molar-refractivity contribution in [2.45, 2.75) is 25.0 Å². The molecule has 1 heterocycles. The van der Waals surface area contributed by atoms with Gasteiger partial charge in [0.25, 0.3) is 11.8 Å². The smallest absolute Gasteiger partial charge is 0.332 e. The van der Waals surface area contributed by atoms with Crippen molar-refractivity contribution in [1.82, 2.24) is 20.4 Å². The van der Waals surface area contributed by atoms with Gasteiger partial charge in [0.05, 0.1) is 6.61 Å². The second kappa shape index (κ2) is 12.6. The highest BCUT2D eigenvalue weighted by atomic mass is 16.5. The zero-order valence-electron chi connectivity index (χ0n) is 20.2. The number of amides is 2. The summed E-state index contributed by atoms with van der Waals surface area (Å²) in [5, 5.41) is 28.3. The van der Waals surface area contributed by atoms with E-state index in [1.807, 2.05) is 54.6 Å². The first kappa shape index (κ1) is 26.6. The van der Waals surface area contributed by atoms with Crippen LogP contribution in [-0.4, -0.2) is 82.5 Å². The van der Waals surface area contributed by atoms with E-state index in [2.05, 4.69) is 15.5 Å². The molecule has 0 saturated heterocycles. The summed E-state index contributed by atoms with van der Waals surface area (Å²) in [5.74, 6) is -2.32. The van der Waals surface area contributed by atoms with E-state index in [0.717, 1.165) is 16.7 Å². The van der Waals surface area contributed by atoms with Crippen molar-refractivity contribution in [2.24, 2.45) is 0 Å².